The highest BCUT2D eigenvalue weighted by molar-refractivity contribution is 7.12. The third-order valence-electron chi connectivity index (χ3n) is 18.2. The van der Waals surface area contributed by atoms with Crippen molar-refractivity contribution in [2.45, 2.75) is 143 Å². The Morgan fingerprint density at radius 1 is 0.773 bits per heavy atom. The maximum Gasteiger partial charge on any atom is 0.310 e. The number of ether oxygens (including phenoxy) is 3. The lowest BCUT2D eigenvalue weighted by Crippen LogP contribution is -2.52. The number of piperazine rings is 1. The zero-order valence-corrected chi connectivity index (χ0v) is 53.7. The molecule has 5 heterocycles. The fraction of sp³-hybridized carbons (Fsp3) is 0.594. The Labute approximate surface area is 523 Å². The average Bonchev–Trinajstić information content (AvgIpc) is 1.46. The van der Waals surface area contributed by atoms with Gasteiger partial charge >= 0.3 is 5.97 Å². The summed E-state index contributed by atoms with van der Waals surface area (Å²) in [5.74, 6) is -0.374. The summed E-state index contributed by atoms with van der Waals surface area (Å²) in [7, 11) is 0. The molecule has 0 radical (unpaired) electrons. The van der Waals surface area contributed by atoms with Crippen LogP contribution in [0.25, 0.3) is 0 Å². The molecule has 2 saturated heterocycles. The van der Waals surface area contributed by atoms with E-state index >= 15 is 0 Å². The van der Waals surface area contributed by atoms with E-state index in [0.29, 0.717) is 76.9 Å². The van der Waals surface area contributed by atoms with Crippen LogP contribution in [-0.4, -0.2) is 172 Å². The quantitative estimate of drug-likeness (QED) is 0.0221. The number of fused-ring (bicyclic) bond motifs is 2. The number of carbonyl (C=O) groups excluding carboxylic acids is 4. The van der Waals surface area contributed by atoms with Crippen LogP contribution in [0.1, 0.15) is 159 Å². The van der Waals surface area contributed by atoms with Gasteiger partial charge in [0.1, 0.15) is 22.5 Å². The lowest BCUT2D eigenvalue weighted by atomic mass is 9.96. The number of thiazole rings is 2. The summed E-state index contributed by atoms with van der Waals surface area (Å²) in [6.45, 7) is 21.8. The average molecular weight is 1250 g/mol. The summed E-state index contributed by atoms with van der Waals surface area (Å²) in [4.78, 5) is 80.2. The highest BCUT2D eigenvalue weighted by Gasteiger charge is 2.90. The third kappa shape index (κ3) is 14.1. The summed E-state index contributed by atoms with van der Waals surface area (Å²) in [6.07, 6.45) is 9.13. The highest BCUT2D eigenvalue weighted by Crippen LogP contribution is 2.87. The minimum atomic E-state index is -0.670. The Morgan fingerprint density at radius 3 is 2.05 bits per heavy atom. The number of aliphatic carboxylic acids is 1. The number of primary amides is 1. The lowest BCUT2D eigenvalue weighted by molar-refractivity contribution is -0.141. The molecular weight excluding hydrogens is 1160 g/mol. The molecule has 88 heavy (non-hydrogen) atoms. The van der Waals surface area contributed by atoms with Gasteiger partial charge in [-0.3, -0.25) is 28.9 Å². The molecule has 6 aliphatic rings. The topological polar surface area (TPSA) is 273 Å². The number of nitrogens with one attached hydrogen (secondary N) is 3. The zero-order chi connectivity index (χ0) is 63.0. The van der Waals surface area contributed by atoms with Gasteiger partial charge in [-0.25, -0.2) is 14.4 Å². The molecule has 24 heteroatoms. The minimum Gasteiger partial charge on any atom is -0.481 e. The van der Waals surface area contributed by atoms with Gasteiger partial charge in [-0.15, -0.1) is 32.9 Å². The molecule has 1 unspecified atom stereocenters. The first-order valence-electron chi connectivity index (χ1n) is 31.2. The van der Waals surface area contributed by atoms with Gasteiger partial charge in [0.15, 0.2) is 0 Å². The largest absolute Gasteiger partial charge is 0.481 e. The number of rotatable bonds is 30. The number of carbonyl (C=O) groups is 5. The van der Waals surface area contributed by atoms with Crippen molar-refractivity contribution < 1.29 is 47.7 Å². The van der Waals surface area contributed by atoms with Gasteiger partial charge in [0.05, 0.1) is 91.6 Å². The molecule has 0 bridgehead atoms. The van der Waals surface area contributed by atoms with Crippen molar-refractivity contribution in [1.82, 2.24) is 50.1 Å². The fourth-order valence-electron chi connectivity index (χ4n) is 13.0. The monoisotopic (exact) mass is 1250 g/mol. The molecule has 6 N–H and O–H groups in total. The summed E-state index contributed by atoms with van der Waals surface area (Å²) in [6, 6.07) is 11.0. The Morgan fingerprint density at radius 2 is 1.40 bits per heavy atom. The number of benzene rings is 2. The zero-order valence-electron chi connectivity index (χ0n) is 52.1. The Kier molecular flexibility index (Phi) is 21.5. The second-order valence-electron chi connectivity index (χ2n) is 23.9. The molecule has 0 spiro atoms. The van der Waals surface area contributed by atoms with E-state index in [0.717, 1.165) is 97.6 Å². The fourth-order valence-corrected chi connectivity index (χ4v) is 15.0. The first-order valence-corrected chi connectivity index (χ1v) is 32.8. The second kappa shape index (κ2) is 28.6. The number of nitrogens with two attached hydrogens (primary N) is 1. The highest BCUT2D eigenvalue weighted by atomic mass is 32.1. The van der Waals surface area contributed by atoms with Crippen LogP contribution in [0, 0.1) is 49.8 Å². The van der Waals surface area contributed by atoms with E-state index in [-0.39, 0.29) is 77.0 Å². The number of hydrogen-bond donors (Lipinski definition) is 5. The van der Waals surface area contributed by atoms with Crippen LogP contribution in [0.5, 0.6) is 0 Å². The van der Waals surface area contributed by atoms with Crippen molar-refractivity contribution in [3.63, 3.8) is 0 Å². The van der Waals surface area contributed by atoms with Gasteiger partial charge in [0, 0.05) is 89.7 Å². The predicted octanol–water partition coefficient (Wildman–Crippen LogP) is 7.40. The van der Waals surface area contributed by atoms with Crippen molar-refractivity contribution in [2.75, 3.05) is 92.0 Å². The van der Waals surface area contributed by atoms with E-state index in [1.807, 2.05) is 27.7 Å². The number of amides is 4. The van der Waals surface area contributed by atoms with E-state index < -0.39 is 29.0 Å². The molecule has 2 aromatic carbocycles. The van der Waals surface area contributed by atoms with Crippen molar-refractivity contribution in [2.24, 2.45) is 16.6 Å². The normalized spacial score (nSPS) is 22.8. The summed E-state index contributed by atoms with van der Waals surface area (Å²) >= 11 is 3.44. The molecule has 1 atom stereocenters. The SMILES string of the molecule is CC.CCCCCn1c(C)nnc1C1CCCN1Cc1nc(C23CC2(C(=O)NCCOCCOCCOCCNCC(=O)N2CCN(C(=O)c4cc(CC(=N)c5ccccc5C(N)=O)ccc4F)CC2)C3)c(C)s1.Cc1nc(C23CC2(C(=O)O)C3)c(C)s1. The van der Waals surface area contributed by atoms with E-state index in [4.69, 9.17) is 35.4 Å². The van der Waals surface area contributed by atoms with Gasteiger partial charge < -0.3 is 55.5 Å². The summed E-state index contributed by atoms with van der Waals surface area (Å²) < 4.78 is 34.2. The number of hydrogen-bond acceptors (Lipinski definition) is 17. The van der Waals surface area contributed by atoms with Crippen LogP contribution in [0.15, 0.2) is 42.5 Å². The van der Waals surface area contributed by atoms with Crippen LogP contribution < -0.4 is 16.4 Å². The van der Waals surface area contributed by atoms with Gasteiger partial charge in [0.25, 0.3) is 5.91 Å². The van der Waals surface area contributed by atoms with Crippen LogP contribution in [0.2, 0.25) is 0 Å². The Hall–Kier alpha value is -6.41. The Bertz CT molecular complexity index is 3330. The van der Waals surface area contributed by atoms with Crippen molar-refractivity contribution >= 4 is 58.0 Å². The molecule has 3 aromatic heterocycles. The summed E-state index contributed by atoms with van der Waals surface area (Å²) in [5, 5.41) is 35.0. The number of likely N-dealkylation sites (tertiary alicyclic amines) is 1. The van der Waals surface area contributed by atoms with E-state index in [1.165, 1.54) is 45.7 Å². The minimum absolute atomic E-state index is 0.0618. The first kappa shape index (κ1) is 66.0. The smallest absolute Gasteiger partial charge is 0.310 e. The van der Waals surface area contributed by atoms with Gasteiger partial charge in [-0.05, 0) is 103 Å². The molecule has 21 nitrogen and oxygen atoms in total. The van der Waals surface area contributed by atoms with Crippen molar-refractivity contribution in [3.8, 4) is 0 Å². The second-order valence-corrected chi connectivity index (χ2v) is 26.6. The van der Waals surface area contributed by atoms with Crippen LogP contribution in [-0.2, 0) is 58.9 Å². The molecule has 2 aliphatic heterocycles. The van der Waals surface area contributed by atoms with Crippen LogP contribution >= 0.6 is 22.7 Å². The Balaban J connectivity index is 0.000000496. The summed E-state index contributed by atoms with van der Waals surface area (Å²) in [5.41, 5.74) is 7.87. The number of carboxylic acid groups (broad SMARTS) is 1. The molecule has 5 aromatic rings. The molecular formula is C64H87FN12O9S2. The van der Waals surface area contributed by atoms with Crippen molar-refractivity contribution in [1.29, 1.82) is 5.41 Å². The predicted molar refractivity (Wildman–Crippen MR) is 333 cm³/mol. The van der Waals surface area contributed by atoms with Crippen molar-refractivity contribution in [3.05, 3.63) is 113 Å². The first-order chi connectivity index (χ1) is 42.4. The van der Waals surface area contributed by atoms with Gasteiger partial charge in [-0.1, -0.05) is 57.9 Å². The molecule has 476 valence electrons. The number of unbranched alkanes of at least 4 members (excludes halogenated alkanes) is 2. The van der Waals surface area contributed by atoms with E-state index in [2.05, 4.69) is 56.1 Å². The maximum absolute atomic E-state index is 14.9. The molecule has 6 fully saturated rings. The van der Waals surface area contributed by atoms with Gasteiger partial charge in [0.2, 0.25) is 17.7 Å². The number of nitrogens with zero attached hydrogens (tertiary/aromatic N) is 8. The van der Waals surface area contributed by atoms with Crippen LogP contribution in [0.4, 0.5) is 4.39 Å². The van der Waals surface area contributed by atoms with E-state index in [9.17, 15) is 28.4 Å². The van der Waals surface area contributed by atoms with Gasteiger partial charge in [-0.2, -0.15) is 0 Å². The maximum atomic E-state index is 14.9. The number of aryl methyl sites for hydroxylation is 4. The molecule has 4 saturated carbocycles. The third-order valence-corrected chi connectivity index (χ3v) is 20.1. The number of aromatic nitrogens is 5. The lowest BCUT2D eigenvalue weighted by Gasteiger charge is -2.35. The molecule has 4 aliphatic carbocycles. The number of halogens is 1. The molecule has 4 amide bonds. The van der Waals surface area contributed by atoms with E-state index in [1.54, 1.807) is 51.8 Å². The standard InChI is InChI=1S/C52H70FN11O7S.C10H11NO2S.C2H6/c1-4-5-8-18-64-36(3)59-60-48(64)43-12-9-17-63(43)32-44-58-46(35(2)72-44)51-33-52(51,34-51)50(68)57-16-24-70-26-28-71-27-25-69-23-15-56-31-45(65)61-19-21-62(22-20-61)49(67)40-29-37(13-14-41(40)53)30-42(54)38-10-6-7-11-39(38)47(55)66;1-5-7(11-6(2)14-5)9-3-10(9,4-9)8(12)13;1-2/h6-7,10-11,13-14,29,43,54,56H,4-5,8-9,12,15-28,30-34H2,1-3H3,(H2,55,66)(H,57,68);3-4H2,1-2H3,(H,12,13);1-2H3. The van der Waals surface area contributed by atoms with Crippen LogP contribution in [0.3, 0.4) is 0 Å². The molecule has 11 rings (SSSR count). The number of carboxylic acids is 1.